The molecular weight excluding hydrogens is 466 g/mol. The lowest BCUT2D eigenvalue weighted by Gasteiger charge is -2.31. The number of hydrogen-bond donors (Lipinski definition) is 3. The maximum Gasteiger partial charge on any atom is 0.217 e. The van der Waals surface area contributed by atoms with Crippen LogP contribution in [0.15, 0.2) is 34.8 Å². The van der Waals surface area contributed by atoms with Gasteiger partial charge in [0.25, 0.3) is 0 Å². The topological polar surface area (TPSA) is 61.4 Å². The standard InChI is InChI=1S/C24H29BrF2N2O2/c1-3-15-9-20-19(21(25)10-15)5-4-6-22(20)28-13-24(31)23(29-14(2)30)11-16-7-17(26)12-18(27)8-16/h7-10,12,22-24,28,31H,3-6,11,13H2,1-2H3,(H,29,30)/t22?,23-,24+/m0/s1. The highest BCUT2D eigenvalue weighted by molar-refractivity contribution is 9.10. The van der Waals surface area contributed by atoms with E-state index in [1.54, 1.807) is 0 Å². The van der Waals surface area contributed by atoms with Crippen LogP contribution in [0.5, 0.6) is 0 Å². The fraction of sp³-hybridized carbons (Fsp3) is 0.458. The summed E-state index contributed by atoms with van der Waals surface area (Å²) in [6.45, 7) is 3.73. The quantitative estimate of drug-likeness (QED) is 0.510. The average molecular weight is 495 g/mol. The van der Waals surface area contributed by atoms with E-state index in [-0.39, 0.29) is 24.9 Å². The maximum absolute atomic E-state index is 13.6. The molecule has 0 aliphatic heterocycles. The minimum atomic E-state index is -0.918. The number of amides is 1. The van der Waals surface area contributed by atoms with Gasteiger partial charge in [0.2, 0.25) is 5.91 Å². The fourth-order valence-electron chi connectivity index (χ4n) is 4.28. The van der Waals surface area contributed by atoms with E-state index in [0.717, 1.165) is 36.2 Å². The Bertz CT molecular complexity index is 918. The number of carbonyl (C=O) groups is 1. The van der Waals surface area contributed by atoms with Gasteiger partial charge in [-0.25, -0.2) is 8.78 Å². The first-order chi connectivity index (χ1) is 14.8. The van der Waals surface area contributed by atoms with E-state index in [0.29, 0.717) is 5.56 Å². The van der Waals surface area contributed by atoms with E-state index in [1.807, 2.05) is 0 Å². The molecule has 0 spiro atoms. The molecule has 1 aliphatic carbocycles. The van der Waals surface area contributed by atoms with Crippen LogP contribution in [-0.4, -0.2) is 29.7 Å². The van der Waals surface area contributed by atoms with E-state index in [9.17, 15) is 18.7 Å². The minimum Gasteiger partial charge on any atom is -0.390 e. The molecule has 3 N–H and O–H groups in total. The number of hydrogen-bond acceptors (Lipinski definition) is 3. The summed E-state index contributed by atoms with van der Waals surface area (Å²) in [5.41, 5.74) is 4.18. The summed E-state index contributed by atoms with van der Waals surface area (Å²) in [4.78, 5) is 11.7. The Labute approximate surface area is 190 Å². The number of benzene rings is 2. The molecular formula is C24H29BrF2N2O2. The summed E-state index contributed by atoms with van der Waals surface area (Å²) in [6.07, 6.45) is 3.17. The number of rotatable bonds is 8. The highest BCUT2D eigenvalue weighted by Gasteiger charge is 2.26. The van der Waals surface area contributed by atoms with Gasteiger partial charge in [-0.3, -0.25) is 4.79 Å². The summed E-state index contributed by atoms with van der Waals surface area (Å²) >= 11 is 3.69. The van der Waals surface area contributed by atoms with Crippen molar-refractivity contribution in [1.29, 1.82) is 0 Å². The van der Waals surface area contributed by atoms with Crippen LogP contribution in [0, 0.1) is 11.6 Å². The van der Waals surface area contributed by atoms with Gasteiger partial charge >= 0.3 is 0 Å². The molecule has 0 fully saturated rings. The average Bonchev–Trinajstić information content (AvgIpc) is 2.70. The van der Waals surface area contributed by atoms with E-state index in [4.69, 9.17) is 0 Å². The van der Waals surface area contributed by atoms with Crippen LogP contribution in [0.1, 0.15) is 55.0 Å². The molecule has 0 bridgehead atoms. The van der Waals surface area contributed by atoms with Gasteiger partial charge in [-0.2, -0.15) is 0 Å². The summed E-state index contributed by atoms with van der Waals surface area (Å²) < 4.78 is 28.2. The Hall–Kier alpha value is -1.83. The van der Waals surface area contributed by atoms with Crippen molar-refractivity contribution in [2.45, 2.75) is 64.1 Å². The molecule has 2 aromatic rings. The van der Waals surface area contributed by atoms with Gasteiger partial charge in [-0.1, -0.05) is 28.9 Å². The molecule has 0 saturated heterocycles. The zero-order chi connectivity index (χ0) is 22.5. The van der Waals surface area contributed by atoms with Crippen molar-refractivity contribution in [2.75, 3.05) is 6.54 Å². The Morgan fingerprint density at radius 1 is 1.19 bits per heavy atom. The summed E-state index contributed by atoms with van der Waals surface area (Å²) in [5, 5.41) is 17.0. The third-order valence-corrected chi connectivity index (χ3v) is 6.51. The van der Waals surface area contributed by atoms with E-state index in [2.05, 4.69) is 45.6 Å². The summed E-state index contributed by atoms with van der Waals surface area (Å²) in [5.74, 6) is -1.67. The van der Waals surface area contributed by atoms with Crippen LogP contribution in [0.3, 0.4) is 0 Å². The first-order valence-corrected chi connectivity index (χ1v) is 11.5. The minimum absolute atomic E-state index is 0.103. The maximum atomic E-state index is 13.6. The molecule has 0 heterocycles. The van der Waals surface area contributed by atoms with Crippen LogP contribution < -0.4 is 10.6 Å². The Morgan fingerprint density at radius 3 is 2.55 bits per heavy atom. The second kappa shape index (κ2) is 10.7. The SMILES string of the molecule is CCc1cc(Br)c2c(c1)C(NC[C@@H](O)[C@H](Cc1cc(F)cc(F)c1)NC(C)=O)CCC2. The monoisotopic (exact) mass is 494 g/mol. The van der Waals surface area contributed by atoms with Crippen molar-refractivity contribution >= 4 is 21.8 Å². The van der Waals surface area contributed by atoms with E-state index < -0.39 is 23.8 Å². The number of fused-ring (bicyclic) bond motifs is 1. The molecule has 2 aromatic carbocycles. The lowest BCUT2D eigenvalue weighted by atomic mass is 9.86. The first kappa shape index (κ1) is 23.8. The number of aliphatic hydroxyl groups excluding tert-OH is 1. The van der Waals surface area contributed by atoms with Crippen LogP contribution in [0.4, 0.5) is 8.78 Å². The molecule has 1 amide bonds. The molecule has 3 atom stereocenters. The molecule has 1 aliphatic rings. The third kappa shape index (κ3) is 6.34. The summed E-state index contributed by atoms with van der Waals surface area (Å²) in [6, 6.07) is 7.08. The number of carbonyl (C=O) groups excluding carboxylic acids is 1. The van der Waals surface area contributed by atoms with Gasteiger partial charge in [0, 0.05) is 30.0 Å². The predicted molar refractivity (Wildman–Crippen MR) is 121 cm³/mol. The largest absolute Gasteiger partial charge is 0.390 e. The van der Waals surface area contributed by atoms with E-state index in [1.165, 1.54) is 35.7 Å². The number of nitrogens with one attached hydrogen (secondary N) is 2. The Balaban J connectivity index is 1.72. The van der Waals surface area contributed by atoms with Crippen molar-refractivity contribution in [3.05, 3.63) is 68.7 Å². The highest BCUT2D eigenvalue weighted by atomic mass is 79.9. The second-order valence-corrected chi connectivity index (χ2v) is 9.06. The number of halogens is 3. The van der Waals surface area contributed by atoms with Gasteiger partial charge in [-0.05, 0) is 72.6 Å². The third-order valence-electron chi connectivity index (χ3n) is 5.80. The molecule has 1 unspecified atom stereocenters. The molecule has 31 heavy (non-hydrogen) atoms. The molecule has 0 saturated carbocycles. The lowest BCUT2D eigenvalue weighted by Crippen LogP contribution is -2.48. The molecule has 168 valence electrons. The zero-order valence-corrected chi connectivity index (χ0v) is 19.4. The Kier molecular flexibility index (Phi) is 8.19. The van der Waals surface area contributed by atoms with Crippen LogP contribution >= 0.6 is 15.9 Å². The smallest absolute Gasteiger partial charge is 0.217 e. The first-order valence-electron chi connectivity index (χ1n) is 10.7. The summed E-state index contributed by atoms with van der Waals surface area (Å²) in [7, 11) is 0. The van der Waals surface area contributed by atoms with Crippen molar-refractivity contribution in [3.8, 4) is 0 Å². The van der Waals surface area contributed by atoms with E-state index >= 15 is 0 Å². The number of aliphatic hydroxyl groups is 1. The predicted octanol–water partition coefficient (Wildman–Crippen LogP) is 4.37. The van der Waals surface area contributed by atoms with Crippen LogP contribution in [0.25, 0.3) is 0 Å². The van der Waals surface area contributed by atoms with Gasteiger partial charge in [0.1, 0.15) is 11.6 Å². The van der Waals surface area contributed by atoms with Crippen molar-refractivity contribution in [2.24, 2.45) is 0 Å². The molecule has 4 nitrogen and oxygen atoms in total. The normalized spacial score (nSPS) is 17.7. The molecule has 3 rings (SSSR count). The highest BCUT2D eigenvalue weighted by Crippen LogP contribution is 2.35. The van der Waals surface area contributed by atoms with Crippen LogP contribution in [-0.2, 0) is 24.1 Å². The van der Waals surface area contributed by atoms with Crippen molar-refractivity contribution < 1.29 is 18.7 Å². The van der Waals surface area contributed by atoms with Crippen LogP contribution in [0.2, 0.25) is 0 Å². The second-order valence-electron chi connectivity index (χ2n) is 8.21. The van der Waals surface area contributed by atoms with Crippen molar-refractivity contribution in [3.63, 3.8) is 0 Å². The molecule has 7 heteroatoms. The zero-order valence-electron chi connectivity index (χ0n) is 17.9. The lowest BCUT2D eigenvalue weighted by molar-refractivity contribution is -0.120. The van der Waals surface area contributed by atoms with Gasteiger partial charge in [-0.15, -0.1) is 0 Å². The molecule has 0 radical (unpaired) electrons. The number of aryl methyl sites for hydroxylation is 1. The fourth-order valence-corrected chi connectivity index (χ4v) is 5.00. The van der Waals surface area contributed by atoms with Gasteiger partial charge in [0.15, 0.2) is 0 Å². The van der Waals surface area contributed by atoms with Gasteiger partial charge < -0.3 is 15.7 Å². The van der Waals surface area contributed by atoms with Gasteiger partial charge in [0.05, 0.1) is 12.1 Å². The molecule has 0 aromatic heterocycles. The van der Waals surface area contributed by atoms with Crippen molar-refractivity contribution in [1.82, 2.24) is 10.6 Å². The Morgan fingerprint density at radius 2 is 1.90 bits per heavy atom.